The van der Waals surface area contributed by atoms with Gasteiger partial charge in [-0.15, -0.1) is 0 Å². The van der Waals surface area contributed by atoms with Crippen LogP contribution in [0.5, 0.6) is 5.75 Å². The summed E-state index contributed by atoms with van der Waals surface area (Å²) in [7, 11) is -2.55. The first-order chi connectivity index (χ1) is 13.4. The van der Waals surface area contributed by atoms with Crippen LogP contribution in [-0.2, 0) is 27.5 Å². The number of halogens is 4. The van der Waals surface area contributed by atoms with Crippen LogP contribution in [0, 0.1) is 0 Å². The van der Waals surface area contributed by atoms with Crippen molar-refractivity contribution in [2.24, 2.45) is 0 Å². The molecule has 0 unspecified atom stereocenters. The molecule has 2 aromatic rings. The van der Waals surface area contributed by atoms with Crippen LogP contribution in [0.3, 0.4) is 0 Å². The summed E-state index contributed by atoms with van der Waals surface area (Å²) in [6.07, 6.45) is -3.59. The summed E-state index contributed by atoms with van der Waals surface area (Å²) in [6, 6.07) is 8.76. The minimum Gasteiger partial charge on any atom is -0.495 e. The van der Waals surface area contributed by atoms with Crippen molar-refractivity contribution >= 4 is 33.2 Å². The predicted octanol–water partition coefficient (Wildman–Crippen LogP) is 3.45. The number of nitrogens with one attached hydrogen (secondary N) is 1. The number of nitrogens with zero attached hydrogens (tertiary/aromatic N) is 1. The SMILES string of the molecule is COc1ccc(Cl)cc1N(CC(=O)NCc1cccc(C(F)(F)F)c1)S(C)(=O)=O. The summed E-state index contributed by atoms with van der Waals surface area (Å²) in [5.74, 6) is -0.527. The molecule has 29 heavy (non-hydrogen) atoms. The second kappa shape index (κ2) is 8.91. The number of methoxy groups -OCH3 is 1. The van der Waals surface area contributed by atoms with Crippen molar-refractivity contribution in [3.8, 4) is 5.75 Å². The smallest absolute Gasteiger partial charge is 0.416 e. The maximum atomic E-state index is 12.8. The van der Waals surface area contributed by atoms with Gasteiger partial charge in [-0.3, -0.25) is 9.10 Å². The van der Waals surface area contributed by atoms with Gasteiger partial charge in [0.25, 0.3) is 0 Å². The van der Waals surface area contributed by atoms with E-state index >= 15 is 0 Å². The number of carbonyl (C=O) groups excluding carboxylic acids is 1. The molecule has 0 aliphatic heterocycles. The van der Waals surface area contributed by atoms with Gasteiger partial charge < -0.3 is 10.1 Å². The van der Waals surface area contributed by atoms with E-state index in [1.165, 1.54) is 37.4 Å². The highest BCUT2D eigenvalue weighted by Crippen LogP contribution is 2.32. The van der Waals surface area contributed by atoms with E-state index in [2.05, 4.69) is 5.32 Å². The van der Waals surface area contributed by atoms with Crippen LogP contribution < -0.4 is 14.4 Å². The number of alkyl halides is 3. The highest BCUT2D eigenvalue weighted by atomic mass is 35.5. The Labute approximate surface area is 171 Å². The van der Waals surface area contributed by atoms with Gasteiger partial charge in [0.1, 0.15) is 12.3 Å². The third-order valence-corrected chi connectivity index (χ3v) is 5.20. The normalized spacial score (nSPS) is 11.8. The van der Waals surface area contributed by atoms with Gasteiger partial charge in [-0.1, -0.05) is 23.7 Å². The zero-order valence-electron chi connectivity index (χ0n) is 15.5. The Morgan fingerprint density at radius 1 is 1.21 bits per heavy atom. The van der Waals surface area contributed by atoms with E-state index in [4.69, 9.17) is 16.3 Å². The molecule has 0 saturated carbocycles. The second-order valence-corrected chi connectivity index (χ2v) is 8.40. The molecule has 1 N–H and O–H groups in total. The van der Waals surface area contributed by atoms with E-state index in [9.17, 15) is 26.4 Å². The van der Waals surface area contributed by atoms with Gasteiger partial charge in [0, 0.05) is 11.6 Å². The minimum absolute atomic E-state index is 0.0664. The molecule has 0 fully saturated rings. The van der Waals surface area contributed by atoms with Gasteiger partial charge in [-0.2, -0.15) is 13.2 Å². The van der Waals surface area contributed by atoms with Crippen molar-refractivity contribution in [3.63, 3.8) is 0 Å². The van der Waals surface area contributed by atoms with E-state index < -0.39 is 34.2 Å². The molecule has 0 aromatic heterocycles. The number of ether oxygens (including phenoxy) is 1. The quantitative estimate of drug-likeness (QED) is 0.701. The van der Waals surface area contributed by atoms with E-state index in [1.54, 1.807) is 0 Å². The fourth-order valence-corrected chi connectivity index (χ4v) is 3.50. The fraction of sp³-hybridized carbons (Fsp3) is 0.278. The van der Waals surface area contributed by atoms with Gasteiger partial charge in [0.05, 0.1) is 24.6 Å². The van der Waals surface area contributed by atoms with Crippen molar-refractivity contribution in [3.05, 3.63) is 58.6 Å². The summed E-state index contributed by atoms with van der Waals surface area (Å²) < 4.78 is 68.7. The van der Waals surface area contributed by atoms with Crippen LogP contribution in [0.15, 0.2) is 42.5 Å². The lowest BCUT2D eigenvalue weighted by Gasteiger charge is -2.24. The van der Waals surface area contributed by atoms with Crippen LogP contribution in [0.25, 0.3) is 0 Å². The van der Waals surface area contributed by atoms with Crippen molar-refractivity contribution < 1.29 is 31.1 Å². The molecular weight excluding hydrogens is 433 g/mol. The minimum atomic E-state index is -4.50. The number of hydrogen-bond donors (Lipinski definition) is 1. The first-order valence-electron chi connectivity index (χ1n) is 8.16. The largest absolute Gasteiger partial charge is 0.495 e. The van der Waals surface area contributed by atoms with Crippen molar-refractivity contribution in [1.82, 2.24) is 5.32 Å². The van der Waals surface area contributed by atoms with Crippen LogP contribution in [0.4, 0.5) is 18.9 Å². The molecule has 6 nitrogen and oxygen atoms in total. The Morgan fingerprint density at radius 2 is 1.90 bits per heavy atom. The van der Waals surface area contributed by atoms with E-state index in [0.717, 1.165) is 22.7 Å². The monoisotopic (exact) mass is 450 g/mol. The molecule has 1 amide bonds. The number of anilines is 1. The van der Waals surface area contributed by atoms with Gasteiger partial charge in [0.2, 0.25) is 15.9 Å². The Hall–Kier alpha value is -2.46. The molecule has 11 heteroatoms. The zero-order valence-corrected chi connectivity index (χ0v) is 17.0. The second-order valence-electron chi connectivity index (χ2n) is 6.06. The molecule has 2 aromatic carbocycles. The van der Waals surface area contributed by atoms with Crippen LogP contribution in [0.1, 0.15) is 11.1 Å². The highest BCUT2D eigenvalue weighted by molar-refractivity contribution is 7.92. The number of benzene rings is 2. The summed E-state index contributed by atoms with van der Waals surface area (Å²) >= 11 is 5.93. The summed E-state index contributed by atoms with van der Waals surface area (Å²) in [5, 5.41) is 2.65. The lowest BCUT2D eigenvalue weighted by Crippen LogP contribution is -2.40. The van der Waals surface area contributed by atoms with Crippen LogP contribution in [-0.4, -0.2) is 34.2 Å². The third kappa shape index (κ3) is 6.26. The number of rotatable bonds is 7. The Kier molecular flexibility index (Phi) is 7.02. The number of carbonyl (C=O) groups is 1. The fourth-order valence-electron chi connectivity index (χ4n) is 2.48. The molecular formula is C18H18ClF3N2O4S. The van der Waals surface area contributed by atoms with Gasteiger partial charge >= 0.3 is 6.18 Å². The predicted molar refractivity (Wildman–Crippen MR) is 103 cm³/mol. The summed E-state index contributed by atoms with van der Waals surface area (Å²) in [4.78, 5) is 12.3. The lowest BCUT2D eigenvalue weighted by molar-refractivity contribution is -0.137. The number of hydrogen-bond acceptors (Lipinski definition) is 4. The first-order valence-corrected chi connectivity index (χ1v) is 10.4. The third-order valence-electron chi connectivity index (χ3n) is 3.84. The maximum Gasteiger partial charge on any atom is 0.416 e. The lowest BCUT2D eigenvalue weighted by atomic mass is 10.1. The standard InChI is InChI=1S/C18H18ClF3N2O4S/c1-28-16-7-6-14(19)9-15(16)24(29(2,26)27)11-17(25)23-10-12-4-3-5-13(8-12)18(20,21)22/h3-9H,10-11H2,1-2H3,(H,23,25). The van der Waals surface area contributed by atoms with Gasteiger partial charge in [0.15, 0.2) is 0 Å². The van der Waals surface area contributed by atoms with Gasteiger partial charge in [-0.25, -0.2) is 8.42 Å². The molecule has 0 bridgehead atoms. The zero-order chi connectivity index (χ0) is 21.8. The van der Waals surface area contributed by atoms with E-state index in [-0.39, 0.29) is 28.6 Å². The molecule has 0 spiro atoms. The Morgan fingerprint density at radius 3 is 2.48 bits per heavy atom. The Bertz CT molecular complexity index is 997. The van der Waals surface area contributed by atoms with E-state index in [0.29, 0.717) is 0 Å². The molecule has 0 aliphatic rings. The van der Waals surface area contributed by atoms with Gasteiger partial charge in [-0.05, 0) is 35.9 Å². The molecule has 0 aliphatic carbocycles. The average molecular weight is 451 g/mol. The van der Waals surface area contributed by atoms with Crippen LogP contribution >= 0.6 is 11.6 Å². The number of sulfonamides is 1. The number of amides is 1. The molecule has 0 radical (unpaired) electrons. The molecule has 0 saturated heterocycles. The maximum absolute atomic E-state index is 12.8. The highest BCUT2D eigenvalue weighted by Gasteiger charge is 2.30. The molecule has 2 rings (SSSR count). The summed E-state index contributed by atoms with van der Waals surface area (Å²) in [6.45, 7) is -0.804. The molecule has 0 heterocycles. The van der Waals surface area contributed by atoms with Crippen molar-refractivity contribution in [2.45, 2.75) is 12.7 Å². The average Bonchev–Trinajstić information content (AvgIpc) is 2.63. The topological polar surface area (TPSA) is 75.7 Å². The first kappa shape index (κ1) is 22.8. The van der Waals surface area contributed by atoms with Crippen molar-refractivity contribution in [2.75, 3.05) is 24.2 Å². The molecule has 0 atom stereocenters. The van der Waals surface area contributed by atoms with E-state index in [1.807, 2.05) is 0 Å². The van der Waals surface area contributed by atoms with Crippen LogP contribution in [0.2, 0.25) is 5.02 Å². The summed E-state index contributed by atoms with van der Waals surface area (Å²) in [5.41, 5.74) is -0.554. The van der Waals surface area contributed by atoms with Crippen molar-refractivity contribution in [1.29, 1.82) is 0 Å². The Balaban J connectivity index is 2.18. The molecule has 158 valence electrons.